The van der Waals surface area contributed by atoms with Crippen LogP contribution in [-0.4, -0.2) is 59.6 Å². The Morgan fingerprint density at radius 2 is 2.19 bits per heavy atom. The third-order valence-electron chi connectivity index (χ3n) is 5.18. The average Bonchev–Trinajstić information content (AvgIpc) is 3.05. The lowest BCUT2D eigenvalue weighted by molar-refractivity contribution is 0.0877. The highest BCUT2D eigenvalue weighted by Gasteiger charge is 2.32. The summed E-state index contributed by atoms with van der Waals surface area (Å²) in [4.78, 5) is 25.4. The Labute approximate surface area is 155 Å². The normalized spacial score (nSPS) is 20.8. The largest absolute Gasteiger partial charge is 0.378 e. The number of aromatic nitrogens is 3. The minimum atomic E-state index is -0.120. The first-order chi connectivity index (χ1) is 12.5. The fraction of sp³-hybridized carbons (Fsp3) is 0.526. The molecule has 3 rings (SSSR count). The van der Waals surface area contributed by atoms with Gasteiger partial charge in [0.2, 0.25) is 0 Å². The van der Waals surface area contributed by atoms with E-state index in [1.165, 1.54) is 5.69 Å². The Kier molecular flexibility index (Phi) is 5.56. The molecule has 0 bridgehead atoms. The van der Waals surface area contributed by atoms with Crippen LogP contribution in [0.1, 0.15) is 35.1 Å². The second-order valence-electron chi connectivity index (χ2n) is 7.26. The lowest BCUT2D eigenvalue weighted by Crippen LogP contribution is -2.42. The molecule has 7 heteroatoms. The maximum atomic E-state index is 12.6. The van der Waals surface area contributed by atoms with Gasteiger partial charge in [-0.2, -0.15) is 0 Å². The fourth-order valence-electron chi connectivity index (χ4n) is 3.73. The number of likely N-dealkylation sites (tertiary alicyclic amines) is 1. The first-order valence-corrected chi connectivity index (χ1v) is 9.05. The lowest BCUT2D eigenvalue weighted by atomic mass is 9.87. The number of carbonyl (C=O) groups excluding carboxylic acids is 1. The van der Waals surface area contributed by atoms with Gasteiger partial charge in [0.05, 0.1) is 18.1 Å². The van der Waals surface area contributed by atoms with Gasteiger partial charge < -0.3 is 14.8 Å². The van der Waals surface area contributed by atoms with E-state index in [2.05, 4.69) is 31.8 Å². The van der Waals surface area contributed by atoms with Crippen LogP contribution in [0.4, 0.5) is 5.69 Å². The van der Waals surface area contributed by atoms with Gasteiger partial charge in [0.1, 0.15) is 5.69 Å². The van der Waals surface area contributed by atoms with Crippen molar-refractivity contribution in [3.05, 3.63) is 42.2 Å². The lowest BCUT2D eigenvalue weighted by Gasteiger charge is -2.39. The average molecular weight is 356 g/mol. The maximum absolute atomic E-state index is 12.6. The number of hydrogen-bond acceptors (Lipinski definition) is 5. The molecule has 26 heavy (non-hydrogen) atoms. The number of aryl methyl sites for hydroxylation is 1. The van der Waals surface area contributed by atoms with Crippen LogP contribution in [0, 0.1) is 5.92 Å². The molecule has 1 aliphatic heterocycles. The van der Waals surface area contributed by atoms with Crippen LogP contribution >= 0.6 is 0 Å². The molecule has 0 spiro atoms. The van der Waals surface area contributed by atoms with E-state index in [0.717, 1.165) is 25.1 Å². The molecule has 1 fully saturated rings. The van der Waals surface area contributed by atoms with E-state index < -0.39 is 0 Å². The Hall–Kier alpha value is -2.41. The second kappa shape index (κ2) is 7.86. The highest BCUT2D eigenvalue weighted by molar-refractivity contribution is 5.93. The number of carbonyl (C=O) groups is 1. The summed E-state index contributed by atoms with van der Waals surface area (Å²) in [7, 11) is 8.07. The predicted octanol–water partition coefficient (Wildman–Crippen LogP) is 1.69. The van der Waals surface area contributed by atoms with E-state index in [-0.39, 0.29) is 11.9 Å². The molecule has 1 N–H and O–H groups in total. The number of rotatable bonds is 5. The summed E-state index contributed by atoms with van der Waals surface area (Å²) in [5.74, 6) is 0.232. The number of anilines is 1. The van der Waals surface area contributed by atoms with Crippen molar-refractivity contribution in [2.75, 3.05) is 39.1 Å². The molecular formula is C19H28N6O. The molecule has 7 nitrogen and oxygen atoms in total. The number of hydrogen-bond donors (Lipinski definition) is 1. The first-order valence-electron chi connectivity index (χ1n) is 9.05. The zero-order valence-electron chi connectivity index (χ0n) is 16.0. The van der Waals surface area contributed by atoms with Gasteiger partial charge in [-0.15, -0.1) is 0 Å². The Bertz CT molecular complexity index is 756. The smallest absolute Gasteiger partial charge is 0.269 e. The number of amides is 1. The highest BCUT2D eigenvalue weighted by Crippen LogP contribution is 2.34. The van der Waals surface area contributed by atoms with Crippen LogP contribution in [-0.2, 0) is 7.05 Å². The summed E-state index contributed by atoms with van der Waals surface area (Å²) in [6, 6.07) is 3.98. The molecule has 140 valence electrons. The van der Waals surface area contributed by atoms with Crippen molar-refractivity contribution in [3.8, 4) is 0 Å². The topological polar surface area (TPSA) is 66.3 Å². The standard InChI is InChI=1S/C19H28N6O/c1-23(2)15-7-8-21-16(10-15)19(26)22-11-14-6-5-9-24(3)18(14)17-12-20-13-25(17)4/h7-8,10,12-14,18H,5-6,9,11H2,1-4H3,(H,22,26)/t14-,18+/m0/s1. The highest BCUT2D eigenvalue weighted by atomic mass is 16.1. The zero-order valence-corrected chi connectivity index (χ0v) is 16.0. The van der Waals surface area contributed by atoms with Crippen LogP contribution in [0.5, 0.6) is 0 Å². The van der Waals surface area contributed by atoms with E-state index in [1.807, 2.05) is 50.7 Å². The van der Waals surface area contributed by atoms with Gasteiger partial charge in [0.25, 0.3) is 5.91 Å². The Balaban J connectivity index is 1.70. The van der Waals surface area contributed by atoms with Crippen LogP contribution < -0.4 is 10.2 Å². The molecule has 3 heterocycles. The molecule has 0 saturated carbocycles. The molecule has 0 radical (unpaired) electrons. The van der Waals surface area contributed by atoms with Crippen LogP contribution in [0.2, 0.25) is 0 Å². The Morgan fingerprint density at radius 3 is 2.88 bits per heavy atom. The number of pyridine rings is 1. The van der Waals surface area contributed by atoms with E-state index in [4.69, 9.17) is 0 Å². The van der Waals surface area contributed by atoms with Gasteiger partial charge >= 0.3 is 0 Å². The van der Waals surface area contributed by atoms with Crippen molar-refractivity contribution in [2.45, 2.75) is 18.9 Å². The quantitative estimate of drug-likeness (QED) is 0.883. The fourth-order valence-corrected chi connectivity index (χ4v) is 3.73. The first kappa shape index (κ1) is 18.4. The number of nitrogens with one attached hydrogen (secondary N) is 1. The molecule has 1 amide bonds. The van der Waals surface area contributed by atoms with Crippen LogP contribution in [0.25, 0.3) is 0 Å². The molecule has 0 aromatic carbocycles. The number of piperidine rings is 1. The van der Waals surface area contributed by atoms with Gasteiger partial charge in [-0.25, -0.2) is 4.98 Å². The minimum absolute atomic E-state index is 0.120. The molecule has 0 unspecified atom stereocenters. The maximum Gasteiger partial charge on any atom is 0.269 e. The summed E-state index contributed by atoms with van der Waals surface area (Å²) in [6.45, 7) is 1.69. The molecule has 0 aliphatic carbocycles. The van der Waals surface area contributed by atoms with Crippen molar-refractivity contribution >= 4 is 11.6 Å². The van der Waals surface area contributed by atoms with Crippen molar-refractivity contribution in [1.29, 1.82) is 0 Å². The number of imidazole rings is 1. The summed E-state index contributed by atoms with van der Waals surface area (Å²) in [6.07, 6.45) is 7.68. The van der Waals surface area contributed by atoms with Crippen molar-refractivity contribution in [2.24, 2.45) is 13.0 Å². The van der Waals surface area contributed by atoms with E-state index in [1.54, 1.807) is 6.20 Å². The summed E-state index contributed by atoms with van der Waals surface area (Å²) < 4.78 is 2.07. The molecule has 2 aromatic heterocycles. The third-order valence-corrected chi connectivity index (χ3v) is 5.18. The second-order valence-corrected chi connectivity index (χ2v) is 7.26. The van der Waals surface area contributed by atoms with Gasteiger partial charge in [-0.05, 0) is 44.5 Å². The van der Waals surface area contributed by atoms with Crippen LogP contribution in [0.3, 0.4) is 0 Å². The monoisotopic (exact) mass is 356 g/mol. The van der Waals surface area contributed by atoms with Crippen LogP contribution in [0.15, 0.2) is 30.9 Å². The number of nitrogens with zero attached hydrogens (tertiary/aromatic N) is 5. The summed E-state index contributed by atoms with van der Waals surface area (Å²) >= 11 is 0. The van der Waals surface area contributed by atoms with Gasteiger partial charge in [0.15, 0.2) is 0 Å². The van der Waals surface area contributed by atoms with E-state index in [0.29, 0.717) is 18.2 Å². The van der Waals surface area contributed by atoms with E-state index in [9.17, 15) is 4.79 Å². The minimum Gasteiger partial charge on any atom is -0.378 e. The van der Waals surface area contributed by atoms with Crippen molar-refractivity contribution < 1.29 is 4.79 Å². The molecule has 1 aliphatic rings. The zero-order chi connectivity index (χ0) is 18.7. The SMILES string of the molecule is CN(C)c1ccnc(C(=O)NC[C@@H]2CCCN(C)[C@H]2c2cncn2C)c1. The van der Waals surface area contributed by atoms with Gasteiger partial charge in [0, 0.05) is 45.8 Å². The van der Waals surface area contributed by atoms with Gasteiger partial charge in [-0.3, -0.25) is 14.7 Å². The van der Waals surface area contributed by atoms with Gasteiger partial charge in [-0.1, -0.05) is 0 Å². The summed E-state index contributed by atoms with van der Waals surface area (Å²) in [5.41, 5.74) is 2.62. The molecule has 2 aromatic rings. The predicted molar refractivity (Wildman–Crippen MR) is 102 cm³/mol. The van der Waals surface area contributed by atoms with Crippen molar-refractivity contribution in [1.82, 2.24) is 24.8 Å². The Morgan fingerprint density at radius 1 is 1.38 bits per heavy atom. The summed E-state index contributed by atoms with van der Waals surface area (Å²) in [5, 5.41) is 3.09. The molecule has 2 atom stereocenters. The third kappa shape index (κ3) is 3.88. The van der Waals surface area contributed by atoms with Crippen molar-refractivity contribution in [3.63, 3.8) is 0 Å². The van der Waals surface area contributed by atoms with E-state index >= 15 is 0 Å². The molecular weight excluding hydrogens is 328 g/mol. The molecule has 1 saturated heterocycles.